The fourth-order valence-electron chi connectivity index (χ4n) is 1.07. The Balaban J connectivity index is 0.000000720. The van der Waals surface area contributed by atoms with Gasteiger partial charge >= 0.3 is 0 Å². The van der Waals surface area contributed by atoms with E-state index in [1.54, 1.807) is 6.20 Å². The van der Waals surface area contributed by atoms with Crippen molar-refractivity contribution >= 4 is 11.0 Å². The van der Waals surface area contributed by atoms with Crippen molar-refractivity contribution < 1.29 is 1.43 Å². The van der Waals surface area contributed by atoms with Gasteiger partial charge in [-0.25, -0.2) is 0 Å². The molecule has 0 bridgehead atoms. The van der Waals surface area contributed by atoms with Gasteiger partial charge in [0.25, 0.3) is 0 Å². The van der Waals surface area contributed by atoms with Crippen LogP contribution in [0.1, 0.15) is 13.9 Å². The zero-order valence-corrected chi connectivity index (χ0v) is 6.33. The van der Waals surface area contributed by atoms with Gasteiger partial charge in [0.05, 0.1) is 11.7 Å². The van der Waals surface area contributed by atoms with Crippen molar-refractivity contribution in [1.29, 1.82) is 0 Å². The van der Waals surface area contributed by atoms with Gasteiger partial charge in [-0.15, -0.1) is 0 Å². The summed E-state index contributed by atoms with van der Waals surface area (Å²) in [5.41, 5.74) is 3.19. The Kier molecular flexibility index (Phi) is 1.35. The number of aromatic nitrogens is 3. The number of hydrogen-bond donors (Lipinski definition) is 1. The lowest BCUT2D eigenvalue weighted by Crippen LogP contribution is -1.82. The fourth-order valence-corrected chi connectivity index (χ4v) is 1.07. The summed E-state index contributed by atoms with van der Waals surface area (Å²) in [6.45, 7) is 2.11. The molecule has 2 aromatic heterocycles. The summed E-state index contributed by atoms with van der Waals surface area (Å²) in [5, 5.41) is 6.77. The van der Waals surface area contributed by atoms with Crippen LogP contribution in [0.25, 0.3) is 11.0 Å². The summed E-state index contributed by atoms with van der Waals surface area (Å²) in [5.74, 6) is 0. The lowest BCUT2D eigenvalue weighted by atomic mass is 10.2. The first-order valence-electron chi connectivity index (χ1n) is 3.68. The number of hydrogen-bond acceptors (Lipinski definition) is 2. The molecule has 0 unspecified atom stereocenters. The van der Waals surface area contributed by atoms with Crippen molar-refractivity contribution in [3.63, 3.8) is 0 Å². The molecule has 3 nitrogen and oxygen atoms in total. The third-order valence-electron chi connectivity index (χ3n) is 1.76. The van der Waals surface area contributed by atoms with E-state index in [0.717, 1.165) is 17.5 Å². The molecule has 0 spiro atoms. The normalized spacial score (nSPS) is 10.6. The number of H-pyrrole nitrogens is 1. The van der Waals surface area contributed by atoms with Crippen molar-refractivity contribution in [3.8, 4) is 0 Å². The van der Waals surface area contributed by atoms with Crippen LogP contribution in [0.3, 0.4) is 0 Å². The summed E-state index contributed by atoms with van der Waals surface area (Å²) in [7, 11) is 0. The molecule has 0 amide bonds. The van der Waals surface area contributed by atoms with Crippen molar-refractivity contribution in [1.82, 2.24) is 15.2 Å². The molecule has 0 fully saturated rings. The first-order valence-corrected chi connectivity index (χ1v) is 3.68. The summed E-state index contributed by atoms with van der Waals surface area (Å²) in [4.78, 5) is 4.22. The molecule has 2 aromatic rings. The van der Waals surface area contributed by atoms with E-state index in [4.69, 9.17) is 0 Å². The molecule has 0 aromatic carbocycles. The van der Waals surface area contributed by atoms with Crippen LogP contribution in [-0.2, 0) is 6.42 Å². The van der Waals surface area contributed by atoms with Crippen LogP contribution in [0.4, 0.5) is 0 Å². The Morgan fingerprint density at radius 2 is 2.45 bits per heavy atom. The van der Waals surface area contributed by atoms with Crippen LogP contribution < -0.4 is 0 Å². The highest BCUT2D eigenvalue weighted by atomic mass is 15.1. The summed E-state index contributed by atoms with van der Waals surface area (Å²) < 4.78 is 0. The Labute approximate surface area is 65.9 Å². The van der Waals surface area contributed by atoms with Crippen molar-refractivity contribution in [2.45, 2.75) is 13.3 Å². The summed E-state index contributed by atoms with van der Waals surface area (Å²) >= 11 is 0. The van der Waals surface area contributed by atoms with Crippen LogP contribution in [0, 0.1) is 0 Å². The average Bonchev–Trinajstić information content (AvgIpc) is 2.50. The molecule has 1 N–H and O–H groups in total. The van der Waals surface area contributed by atoms with E-state index in [1.165, 1.54) is 5.56 Å². The van der Waals surface area contributed by atoms with Crippen LogP contribution in [0.15, 0.2) is 18.5 Å². The third kappa shape index (κ3) is 0.981. The second kappa shape index (κ2) is 2.34. The third-order valence-corrected chi connectivity index (χ3v) is 1.76. The minimum atomic E-state index is 0. The van der Waals surface area contributed by atoms with Crippen LogP contribution in [0.2, 0.25) is 0 Å². The predicted molar refractivity (Wildman–Crippen MR) is 45.4 cm³/mol. The first-order chi connectivity index (χ1) is 5.40. The number of nitrogens with one attached hydrogen (secondary N) is 1. The summed E-state index contributed by atoms with van der Waals surface area (Å²) in [6.07, 6.45) is 4.63. The molecule has 58 valence electrons. The highest BCUT2D eigenvalue weighted by Gasteiger charge is 1.96. The van der Waals surface area contributed by atoms with Crippen LogP contribution in [0.5, 0.6) is 0 Å². The van der Waals surface area contributed by atoms with Crippen molar-refractivity contribution in [2.24, 2.45) is 0 Å². The number of aromatic amines is 1. The number of aryl methyl sites for hydroxylation is 1. The minimum Gasteiger partial charge on any atom is -0.276 e. The quantitative estimate of drug-likeness (QED) is 0.671. The molecule has 11 heavy (non-hydrogen) atoms. The van der Waals surface area contributed by atoms with Crippen molar-refractivity contribution in [3.05, 3.63) is 24.0 Å². The topological polar surface area (TPSA) is 41.6 Å². The highest BCUT2D eigenvalue weighted by molar-refractivity contribution is 5.73. The molecule has 2 heterocycles. The maximum Gasteiger partial charge on any atom is 0.108 e. The molecule has 0 aliphatic carbocycles. The van der Waals surface area contributed by atoms with Gasteiger partial charge < -0.3 is 0 Å². The molecule has 0 atom stereocenters. The van der Waals surface area contributed by atoms with Gasteiger partial charge in [0.1, 0.15) is 5.52 Å². The van der Waals surface area contributed by atoms with E-state index in [2.05, 4.69) is 28.2 Å². The fraction of sp³-hybridized carbons (Fsp3) is 0.250. The molecular weight excluding hydrogens is 138 g/mol. The monoisotopic (exact) mass is 149 g/mol. The first kappa shape index (κ1) is 6.34. The summed E-state index contributed by atoms with van der Waals surface area (Å²) in [6, 6.07) is 2.08. The van der Waals surface area contributed by atoms with E-state index in [9.17, 15) is 0 Å². The Hall–Kier alpha value is -1.38. The van der Waals surface area contributed by atoms with Gasteiger partial charge in [0.15, 0.2) is 0 Å². The molecule has 0 saturated heterocycles. The van der Waals surface area contributed by atoms with E-state index in [-0.39, 0.29) is 1.43 Å². The number of nitrogens with zero attached hydrogens (tertiary/aromatic N) is 2. The predicted octanol–water partition coefficient (Wildman–Crippen LogP) is 1.77. The van der Waals surface area contributed by atoms with Gasteiger partial charge in [-0.3, -0.25) is 10.1 Å². The van der Waals surface area contributed by atoms with E-state index >= 15 is 0 Å². The lowest BCUT2D eigenvalue weighted by molar-refractivity contribution is 1.10. The zero-order chi connectivity index (χ0) is 7.68. The minimum absolute atomic E-state index is 0. The van der Waals surface area contributed by atoms with E-state index in [1.807, 2.05) is 6.20 Å². The smallest absolute Gasteiger partial charge is 0.108 e. The lowest BCUT2D eigenvalue weighted by Gasteiger charge is -1.93. The largest absolute Gasteiger partial charge is 0.276 e. The SMILES string of the molecule is CCc1cnc2cn[nH]c2c1.[HH]. The van der Waals surface area contributed by atoms with Crippen LogP contribution in [-0.4, -0.2) is 15.2 Å². The molecule has 0 saturated carbocycles. The number of pyridine rings is 1. The Bertz CT molecular complexity index is 369. The highest BCUT2D eigenvalue weighted by Crippen LogP contribution is 2.08. The zero-order valence-electron chi connectivity index (χ0n) is 6.33. The van der Waals surface area contributed by atoms with Crippen LogP contribution >= 0.6 is 0 Å². The van der Waals surface area contributed by atoms with Gasteiger partial charge in [0.2, 0.25) is 0 Å². The van der Waals surface area contributed by atoms with Crippen molar-refractivity contribution in [2.75, 3.05) is 0 Å². The number of fused-ring (bicyclic) bond motifs is 1. The Morgan fingerprint density at radius 1 is 1.55 bits per heavy atom. The molecular formula is C8H11N3. The second-order valence-electron chi connectivity index (χ2n) is 2.50. The molecule has 0 aliphatic rings. The van der Waals surface area contributed by atoms with E-state index in [0.29, 0.717) is 0 Å². The Morgan fingerprint density at radius 3 is 3.27 bits per heavy atom. The maximum absolute atomic E-state index is 4.22. The molecule has 2 rings (SSSR count). The number of rotatable bonds is 1. The van der Waals surface area contributed by atoms with Gasteiger partial charge in [0, 0.05) is 7.62 Å². The standard InChI is InChI=1S/C8H9N3.H2/c1-2-6-3-7-8(9-4-6)5-10-11-7;/h3-5H,2H2,1H3,(H,10,11);1H. The maximum atomic E-state index is 4.22. The molecule has 0 radical (unpaired) electrons. The van der Waals surface area contributed by atoms with Gasteiger partial charge in [-0.1, -0.05) is 6.92 Å². The van der Waals surface area contributed by atoms with Gasteiger partial charge in [-0.05, 0) is 18.1 Å². The molecule has 0 aliphatic heterocycles. The molecule has 3 heteroatoms. The average molecular weight is 149 g/mol. The van der Waals surface area contributed by atoms with Gasteiger partial charge in [-0.2, -0.15) is 5.10 Å². The van der Waals surface area contributed by atoms with E-state index < -0.39 is 0 Å². The second-order valence-corrected chi connectivity index (χ2v) is 2.50.